The van der Waals surface area contributed by atoms with Gasteiger partial charge in [0.15, 0.2) is 5.78 Å². The lowest BCUT2D eigenvalue weighted by Crippen LogP contribution is -2.01. The summed E-state index contributed by atoms with van der Waals surface area (Å²) in [6.45, 7) is 1.84. The lowest BCUT2D eigenvalue weighted by Gasteiger charge is -2.02. The van der Waals surface area contributed by atoms with Gasteiger partial charge >= 0.3 is 0 Å². The van der Waals surface area contributed by atoms with Gasteiger partial charge in [0, 0.05) is 6.42 Å². The van der Waals surface area contributed by atoms with Gasteiger partial charge in [-0.3, -0.25) is 4.79 Å². The van der Waals surface area contributed by atoms with Gasteiger partial charge in [-0.1, -0.05) is 42.5 Å². The van der Waals surface area contributed by atoms with Gasteiger partial charge in [0.25, 0.3) is 0 Å². The van der Waals surface area contributed by atoms with Crippen molar-refractivity contribution in [2.24, 2.45) is 0 Å². The Labute approximate surface area is 111 Å². The second-order valence-electron chi connectivity index (χ2n) is 4.73. The second kappa shape index (κ2) is 4.73. The van der Waals surface area contributed by atoms with Gasteiger partial charge in [-0.25, -0.2) is 0 Å². The molecular weight excluding hydrogens is 236 g/mol. The van der Waals surface area contributed by atoms with Crippen LogP contribution in [0.4, 0.5) is 0 Å². The highest BCUT2D eigenvalue weighted by Gasteiger charge is 2.10. The van der Waals surface area contributed by atoms with Crippen LogP contribution in [0.5, 0.6) is 0 Å². The minimum absolute atomic E-state index is 0.0899. The first-order chi connectivity index (χ1) is 9.22. The molecule has 0 aliphatic carbocycles. The zero-order valence-corrected chi connectivity index (χ0v) is 10.7. The van der Waals surface area contributed by atoms with Crippen LogP contribution in [0.2, 0.25) is 0 Å². The van der Waals surface area contributed by atoms with Gasteiger partial charge in [-0.05, 0) is 29.3 Å². The molecule has 0 radical (unpaired) electrons. The Kier molecular flexibility index (Phi) is 2.92. The van der Waals surface area contributed by atoms with Crippen LogP contribution >= 0.6 is 0 Å². The first-order valence-corrected chi connectivity index (χ1v) is 6.28. The highest BCUT2D eigenvalue weighted by atomic mass is 16.3. The minimum atomic E-state index is 0.0899. The predicted octanol–water partition coefficient (Wildman–Crippen LogP) is 4.17. The number of ketones is 1. The SMILES string of the molecule is Cc1cc(C(=O)Cc2ccc3ccccc3c2)co1. The van der Waals surface area contributed by atoms with E-state index in [4.69, 9.17) is 4.42 Å². The molecule has 0 N–H and O–H groups in total. The average Bonchev–Trinajstić information content (AvgIpc) is 2.85. The Morgan fingerprint density at radius 2 is 1.84 bits per heavy atom. The lowest BCUT2D eigenvalue weighted by atomic mass is 10.0. The van der Waals surface area contributed by atoms with E-state index in [0.29, 0.717) is 12.0 Å². The molecule has 2 nitrogen and oxygen atoms in total. The monoisotopic (exact) mass is 250 g/mol. The van der Waals surface area contributed by atoms with Gasteiger partial charge in [0.2, 0.25) is 0 Å². The molecule has 19 heavy (non-hydrogen) atoms. The molecule has 0 aliphatic rings. The number of hydrogen-bond donors (Lipinski definition) is 0. The van der Waals surface area contributed by atoms with E-state index in [9.17, 15) is 4.79 Å². The minimum Gasteiger partial charge on any atom is -0.469 e. The third-order valence-electron chi connectivity index (χ3n) is 3.23. The van der Waals surface area contributed by atoms with Crippen LogP contribution in [-0.4, -0.2) is 5.78 Å². The third-order valence-corrected chi connectivity index (χ3v) is 3.23. The summed E-state index contributed by atoms with van der Waals surface area (Å²) in [5.41, 5.74) is 1.67. The predicted molar refractivity (Wildman–Crippen MR) is 75.4 cm³/mol. The van der Waals surface area contributed by atoms with E-state index in [0.717, 1.165) is 16.7 Å². The van der Waals surface area contributed by atoms with Crippen molar-refractivity contribution in [1.29, 1.82) is 0 Å². The van der Waals surface area contributed by atoms with Crippen LogP contribution in [0.15, 0.2) is 59.2 Å². The van der Waals surface area contributed by atoms with E-state index in [1.807, 2.05) is 25.1 Å². The first-order valence-electron chi connectivity index (χ1n) is 6.28. The molecule has 3 rings (SSSR count). The number of rotatable bonds is 3. The number of benzene rings is 2. The van der Waals surface area contributed by atoms with E-state index in [-0.39, 0.29) is 5.78 Å². The molecule has 1 aromatic heterocycles. The number of aryl methyl sites for hydroxylation is 1. The fraction of sp³-hybridized carbons (Fsp3) is 0.118. The van der Waals surface area contributed by atoms with Gasteiger partial charge < -0.3 is 4.42 Å². The summed E-state index contributed by atoms with van der Waals surface area (Å²) in [6, 6.07) is 16.1. The van der Waals surface area contributed by atoms with Crippen LogP contribution in [0.1, 0.15) is 21.7 Å². The molecule has 0 spiro atoms. The Morgan fingerprint density at radius 3 is 2.58 bits per heavy atom. The van der Waals surface area contributed by atoms with Crippen LogP contribution in [-0.2, 0) is 6.42 Å². The Hall–Kier alpha value is -2.35. The zero-order chi connectivity index (χ0) is 13.2. The summed E-state index contributed by atoms with van der Waals surface area (Å²) in [5, 5.41) is 2.36. The molecule has 2 aromatic carbocycles. The number of Topliss-reactive ketones (excluding diaryl/α,β-unsaturated/α-hetero) is 1. The van der Waals surface area contributed by atoms with E-state index < -0.39 is 0 Å². The van der Waals surface area contributed by atoms with E-state index in [1.54, 1.807) is 6.07 Å². The molecular formula is C17H14O2. The molecule has 1 heterocycles. The molecule has 0 saturated heterocycles. The Morgan fingerprint density at radius 1 is 1.05 bits per heavy atom. The van der Waals surface area contributed by atoms with Gasteiger partial charge in [-0.2, -0.15) is 0 Å². The molecule has 0 aliphatic heterocycles. The molecule has 2 heteroatoms. The first kappa shape index (κ1) is 11.7. The van der Waals surface area contributed by atoms with Crippen LogP contribution in [0, 0.1) is 6.92 Å². The summed E-state index contributed by atoms with van der Waals surface area (Å²) < 4.78 is 5.17. The van der Waals surface area contributed by atoms with Crippen molar-refractivity contribution in [3.63, 3.8) is 0 Å². The topological polar surface area (TPSA) is 30.2 Å². The Balaban J connectivity index is 1.87. The number of fused-ring (bicyclic) bond motifs is 1. The van der Waals surface area contributed by atoms with Crippen molar-refractivity contribution in [3.05, 3.63) is 71.7 Å². The molecule has 0 bridgehead atoms. The molecule has 0 unspecified atom stereocenters. The summed E-state index contributed by atoms with van der Waals surface area (Å²) in [6.07, 6.45) is 1.93. The normalized spacial score (nSPS) is 10.8. The number of carbonyl (C=O) groups excluding carboxylic acids is 1. The number of hydrogen-bond acceptors (Lipinski definition) is 2. The van der Waals surface area contributed by atoms with E-state index >= 15 is 0 Å². The highest BCUT2D eigenvalue weighted by molar-refractivity contribution is 5.97. The molecule has 3 aromatic rings. The fourth-order valence-corrected chi connectivity index (χ4v) is 2.23. The lowest BCUT2D eigenvalue weighted by molar-refractivity contribution is 0.0992. The van der Waals surface area contributed by atoms with E-state index in [1.165, 1.54) is 11.6 Å². The standard InChI is InChI=1S/C17H14O2/c1-12-8-16(11-19-12)17(18)10-13-6-7-14-4-2-3-5-15(14)9-13/h2-9,11H,10H2,1H3. The number of furan rings is 1. The van der Waals surface area contributed by atoms with Crippen molar-refractivity contribution in [3.8, 4) is 0 Å². The molecule has 0 saturated carbocycles. The summed E-state index contributed by atoms with van der Waals surface area (Å²) >= 11 is 0. The van der Waals surface area contributed by atoms with Crippen molar-refractivity contribution in [2.45, 2.75) is 13.3 Å². The van der Waals surface area contributed by atoms with Gasteiger partial charge in [0.05, 0.1) is 5.56 Å². The maximum atomic E-state index is 12.1. The number of carbonyl (C=O) groups is 1. The van der Waals surface area contributed by atoms with Crippen LogP contribution < -0.4 is 0 Å². The van der Waals surface area contributed by atoms with E-state index in [2.05, 4.69) is 24.3 Å². The van der Waals surface area contributed by atoms with Crippen molar-refractivity contribution in [2.75, 3.05) is 0 Å². The summed E-state index contributed by atoms with van der Waals surface area (Å²) in [5.74, 6) is 0.856. The quantitative estimate of drug-likeness (QED) is 0.653. The largest absolute Gasteiger partial charge is 0.469 e. The average molecular weight is 250 g/mol. The maximum Gasteiger partial charge on any atom is 0.170 e. The highest BCUT2D eigenvalue weighted by Crippen LogP contribution is 2.17. The smallest absolute Gasteiger partial charge is 0.170 e. The zero-order valence-electron chi connectivity index (χ0n) is 10.7. The fourth-order valence-electron chi connectivity index (χ4n) is 2.23. The Bertz CT molecular complexity index is 738. The summed E-state index contributed by atoms with van der Waals surface area (Å²) in [4.78, 5) is 12.1. The van der Waals surface area contributed by atoms with Crippen molar-refractivity contribution >= 4 is 16.6 Å². The molecule has 94 valence electrons. The summed E-state index contributed by atoms with van der Waals surface area (Å²) in [7, 11) is 0. The molecule has 0 fully saturated rings. The second-order valence-corrected chi connectivity index (χ2v) is 4.73. The maximum absolute atomic E-state index is 12.1. The van der Waals surface area contributed by atoms with Crippen molar-refractivity contribution in [1.82, 2.24) is 0 Å². The van der Waals surface area contributed by atoms with Gasteiger partial charge in [0.1, 0.15) is 12.0 Å². The molecule has 0 amide bonds. The molecule has 0 atom stereocenters. The van der Waals surface area contributed by atoms with Crippen LogP contribution in [0.3, 0.4) is 0 Å². The van der Waals surface area contributed by atoms with Crippen LogP contribution in [0.25, 0.3) is 10.8 Å². The van der Waals surface area contributed by atoms with Crippen molar-refractivity contribution < 1.29 is 9.21 Å². The third kappa shape index (κ3) is 2.43. The van der Waals surface area contributed by atoms with Gasteiger partial charge in [-0.15, -0.1) is 0 Å².